The van der Waals surface area contributed by atoms with Crippen LogP contribution in [0.5, 0.6) is 0 Å². The molecule has 6 heteroatoms. The molecule has 0 unspecified atom stereocenters. The Morgan fingerprint density at radius 3 is 2.50 bits per heavy atom. The van der Waals surface area contributed by atoms with Crippen molar-refractivity contribution < 1.29 is 18.0 Å². The summed E-state index contributed by atoms with van der Waals surface area (Å²) < 4.78 is 35.7. The molecular weight excluding hydrogens is 221 g/mol. The molecule has 1 N–H and O–H groups in total. The molecule has 1 aromatic rings. The van der Waals surface area contributed by atoms with Crippen molar-refractivity contribution in [3.63, 3.8) is 0 Å². The third-order valence-corrected chi connectivity index (χ3v) is 1.94. The van der Waals surface area contributed by atoms with Crippen molar-refractivity contribution >= 4 is 5.91 Å². The molecule has 0 aliphatic rings. The second kappa shape index (κ2) is 4.96. The van der Waals surface area contributed by atoms with Gasteiger partial charge in [0.1, 0.15) is 6.42 Å². The van der Waals surface area contributed by atoms with Gasteiger partial charge in [0, 0.05) is 12.4 Å². The maximum atomic E-state index is 11.9. The smallest absolute Gasteiger partial charge is 0.349 e. The highest BCUT2D eigenvalue weighted by atomic mass is 19.4. The number of carbonyl (C=O) groups is 1. The standard InChI is InChI=1S/C10H11F3N2O/c1-7(8-2-4-14-5-3-8)15-9(16)6-10(11,12)13/h2-5,7H,6H2,1H3,(H,15,16)/t7-/m0/s1. The highest BCUT2D eigenvalue weighted by Gasteiger charge is 2.31. The molecule has 0 fully saturated rings. The average molecular weight is 232 g/mol. The SMILES string of the molecule is C[C@H](NC(=O)CC(F)(F)F)c1ccncc1. The molecule has 0 spiro atoms. The van der Waals surface area contributed by atoms with Crippen LogP contribution in [0.1, 0.15) is 24.9 Å². The third kappa shape index (κ3) is 4.29. The first-order valence-electron chi connectivity index (χ1n) is 4.64. The van der Waals surface area contributed by atoms with Crippen LogP contribution in [0.25, 0.3) is 0 Å². The molecule has 0 aromatic carbocycles. The molecular formula is C10H11F3N2O. The van der Waals surface area contributed by atoms with Crippen LogP contribution in [0.3, 0.4) is 0 Å². The Hall–Kier alpha value is -1.59. The summed E-state index contributed by atoms with van der Waals surface area (Å²) in [6, 6.07) is 2.81. The van der Waals surface area contributed by atoms with Crippen LogP contribution in [-0.2, 0) is 4.79 Å². The normalized spacial score (nSPS) is 13.2. The number of nitrogens with one attached hydrogen (secondary N) is 1. The van der Waals surface area contributed by atoms with Crippen molar-refractivity contribution in [3.8, 4) is 0 Å². The number of hydrogen-bond donors (Lipinski definition) is 1. The average Bonchev–Trinajstić information content (AvgIpc) is 2.16. The minimum atomic E-state index is -4.47. The van der Waals surface area contributed by atoms with E-state index in [2.05, 4.69) is 10.3 Å². The van der Waals surface area contributed by atoms with E-state index in [-0.39, 0.29) is 0 Å². The van der Waals surface area contributed by atoms with Gasteiger partial charge in [0.2, 0.25) is 5.91 Å². The highest BCUT2D eigenvalue weighted by Crippen LogP contribution is 2.20. The van der Waals surface area contributed by atoms with E-state index < -0.39 is 24.5 Å². The number of hydrogen-bond acceptors (Lipinski definition) is 2. The molecule has 88 valence electrons. The lowest BCUT2D eigenvalue weighted by Crippen LogP contribution is -2.30. The molecule has 16 heavy (non-hydrogen) atoms. The van der Waals surface area contributed by atoms with Gasteiger partial charge in [-0.05, 0) is 24.6 Å². The van der Waals surface area contributed by atoms with E-state index in [1.807, 2.05) is 0 Å². The lowest BCUT2D eigenvalue weighted by molar-refractivity contribution is -0.154. The summed E-state index contributed by atoms with van der Waals surface area (Å²) in [5.41, 5.74) is 0.713. The molecule has 3 nitrogen and oxygen atoms in total. The predicted octanol–water partition coefficient (Wildman–Crippen LogP) is 2.21. The van der Waals surface area contributed by atoms with Crippen molar-refractivity contribution in [1.29, 1.82) is 0 Å². The molecule has 0 saturated carbocycles. The van der Waals surface area contributed by atoms with Crippen LogP contribution in [0, 0.1) is 0 Å². The fourth-order valence-electron chi connectivity index (χ4n) is 1.21. The van der Waals surface area contributed by atoms with E-state index in [1.54, 1.807) is 19.1 Å². The minimum Gasteiger partial charge on any atom is -0.349 e. The topological polar surface area (TPSA) is 42.0 Å². The molecule has 1 rings (SSSR count). The van der Waals surface area contributed by atoms with Gasteiger partial charge in [-0.2, -0.15) is 13.2 Å². The van der Waals surface area contributed by atoms with Crippen LogP contribution < -0.4 is 5.32 Å². The second-order valence-electron chi connectivity index (χ2n) is 3.36. The minimum absolute atomic E-state index is 0.460. The molecule has 0 aliphatic heterocycles. The van der Waals surface area contributed by atoms with Gasteiger partial charge in [0.25, 0.3) is 0 Å². The highest BCUT2D eigenvalue weighted by molar-refractivity contribution is 5.77. The third-order valence-electron chi connectivity index (χ3n) is 1.94. The Balaban J connectivity index is 2.52. The molecule has 0 bridgehead atoms. The first-order chi connectivity index (χ1) is 7.38. The monoisotopic (exact) mass is 232 g/mol. The fourth-order valence-corrected chi connectivity index (χ4v) is 1.21. The number of nitrogens with zero attached hydrogens (tertiary/aromatic N) is 1. The second-order valence-corrected chi connectivity index (χ2v) is 3.36. The summed E-state index contributed by atoms with van der Waals surface area (Å²) in [4.78, 5) is 14.8. The molecule has 1 atom stereocenters. The van der Waals surface area contributed by atoms with Gasteiger partial charge in [-0.15, -0.1) is 0 Å². The number of alkyl halides is 3. The maximum absolute atomic E-state index is 11.9. The van der Waals surface area contributed by atoms with E-state index in [0.29, 0.717) is 5.56 Å². The van der Waals surface area contributed by atoms with E-state index in [4.69, 9.17) is 0 Å². The summed E-state index contributed by atoms with van der Waals surface area (Å²) in [6.07, 6.45) is -2.89. The summed E-state index contributed by atoms with van der Waals surface area (Å²) in [5.74, 6) is -1.03. The van der Waals surface area contributed by atoms with Crippen LogP contribution in [0.2, 0.25) is 0 Å². The zero-order chi connectivity index (χ0) is 12.2. The molecule has 1 heterocycles. The van der Waals surface area contributed by atoms with Crippen LogP contribution in [0.4, 0.5) is 13.2 Å². The van der Waals surface area contributed by atoms with Crippen molar-refractivity contribution in [1.82, 2.24) is 10.3 Å². The Labute approximate surface area is 90.7 Å². The summed E-state index contributed by atoms with van der Waals surface area (Å²) in [6.45, 7) is 1.61. The van der Waals surface area contributed by atoms with Gasteiger partial charge >= 0.3 is 6.18 Å². The number of halogens is 3. The molecule has 0 radical (unpaired) electrons. The number of amides is 1. The van der Waals surface area contributed by atoms with E-state index in [1.165, 1.54) is 12.4 Å². The van der Waals surface area contributed by atoms with Crippen molar-refractivity contribution in [2.24, 2.45) is 0 Å². The largest absolute Gasteiger partial charge is 0.397 e. The zero-order valence-electron chi connectivity index (χ0n) is 8.58. The molecule has 1 aromatic heterocycles. The van der Waals surface area contributed by atoms with E-state index in [0.717, 1.165) is 0 Å². The van der Waals surface area contributed by atoms with Gasteiger partial charge in [-0.1, -0.05) is 0 Å². The van der Waals surface area contributed by atoms with Gasteiger partial charge in [0.15, 0.2) is 0 Å². The summed E-state index contributed by atoms with van der Waals surface area (Å²) in [7, 11) is 0. The quantitative estimate of drug-likeness (QED) is 0.868. The van der Waals surface area contributed by atoms with E-state index in [9.17, 15) is 18.0 Å². The number of aromatic nitrogens is 1. The van der Waals surface area contributed by atoms with Gasteiger partial charge in [-0.25, -0.2) is 0 Å². The van der Waals surface area contributed by atoms with Crippen LogP contribution in [-0.4, -0.2) is 17.1 Å². The fraction of sp³-hybridized carbons (Fsp3) is 0.400. The van der Waals surface area contributed by atoms with Crippen molar-refractivity contribution in [2.75, 3.05) is 0 Å². The van der Waals surface area contributed by atoms with Crippen molar-refractivity contribution in [3.05, 3.63) is 30.1 Å². The Kier molecular flexibility index (Phi) is 3.87. The lowest BCUT2D eigenvalue weighted by Gasteiger charge is -2.14. The van der Waals surface area contributed by atoms with E-state index >= 15 is 0 Å². The predicted molar refractivity (Wildman–Crippen MR) is 51.5 cm³/mol. The first kappa shape index (κ1) is 12.5. The lowest BCUT2D eigenvalue weighted by atomic mass is 10.1. The number of rotatable bonds is 3. The molecule has 0 saturated heterocycles. The Morgan fingerprint density at radius 2 is 2.00 bits per heavy atom. The molecule has 0 aliphatic carbocycles. The summed E-state index contributed by atoms with van der Waals surface area (Å²) >= 11 is 0. The zero-order valence-corrected chi connectivity index (χ0v) is 8.58. The van der Waals surface area contributed by atoms with Crippen LogP contribution in [0.15, 0.2) is 24.5 Å². The van der Waals surface area contributed by atoms with Gasteiger partial charge < -0.3 is 5.32 Å². The van der Waals surface area contributed by atoms with Gasteiger partial charge in [-0.3, -0.25) is 9.78 Å². The first-order valence-corrected chi connectivity index (χ1v) is 4.64. The number of pyridine rings is 1. The van der Waals surface area contributed by atoms with Crippen molar-refractivity contribution in [2.45, 2.75) is 25.6 Å². The maximum Gasteiger partial charge on any atom is 0.397 e. The number of carbonyl (C=O) groups excluding carboxylic acids is 1. The summed E-state index contributed by atoms with van der Waals surface area (Å²) in [5, 5.41) is 2.27. The Morgan fingerprint density at radius 1 is 1.44 bits per heavy atom. The Bertz CT molecular complexity index is 351. The van der Waals surface area contributed by atoms with Crippen LogP contribution >= 0.6 is 0 Å². The van der Waals surface area contributed by atoms with Gasteiger partial charge in [0.05, 0.1) is 6.04 Å². The molecule has 1 amide bonds.